The number of carbonyl (C=O) groups is 1. The van der Waals surface area contributed by atoms with Crippen molar-refractivity contribution in [2.75, 3.05) is 28.6 Å². The van der Waals surface area contributed by atoms with Crippen LogP contribution in [0, 0.1) is 6.92 Å². The highest BCUT2D eigenvalue weighted by atomic mass is 19.4. The summed E-state index contributed by atoms with van der Waals surface area (Å²) < 4.78 is 38.5. The molecular weight excluding hydrogens is 431 g/mol. The van der Waals surface area contributed by atoms with Gasteiger partial charge in [-0.15, -0.1) is 0 Å². The van der Waals surface area contributed by atoms with E-state index in [1.54, 1.807) is 24.3 Å². The maximum atomic E-state index is 12.8. The number of aromatic nitrogens is 2. The summed E-state index contributed by atoms with van der Waals surface area (Å²) in [6, 6.07) is 13.6. The molecule has 33 heavy (non-hydrogen) atoms. The molecule has 3 aromatic rings. The number of aryl methyl sites for hydroxylation is 1. The lowest BCUT2D eigenvalue weighted by Crippen LogP contribution is -2.23. The third kappa shape index (κ3) is 6.68. The van der Waals surface area contributed by atoms with Gasteiger partial charge in [0.05, 0.1) is 12.0 Å². The van der Waals surface area contributed by atoms with E-state index in [4.69, 9.17) is 0 Å². The molecule has 0 fully saturated rings. The van der Waals surface area contributed by atoms with E-state index < -0.39 is 17.6 Å². The van der Waals surface area contributed by atoms with E-state index in [0.717, 1.165) is 36.7 Å². The van der Waals surface area contributed by atoms with Gasteiger partial charge in [-0.1, -0.05) is 18.2 Å². The van der Waals surface area contributed by atoms with E-state index in [9.17, 15) is 18.0 Å². The molecule has 0 saturated heterocycles. The highest BCUT2D eigenvalue weighted by Crippen LogP contribution is 2.29. The van der Waals surface area contributed by atoms with Crippen molar-refractivity contribution in [3.05, 3.63) is 71.5 Å². The average molecular weight is 458 g/mol. The molecule has 6 nitrogen and oxygen atoms in total. The third-order valence-electron chi connectivity index (χ3n) is 4.97. The first kappa shape index (κ1) is 24.0. The molecule has 0 aliphatic heterocycles. The van der Waals surface area contributed by atoms with E-state index in [0.29, 0.717) is 22.9 Å². The fourth-order valence-corrected chi connectivity index (χ4v) is 3.36. The van der Waals surface area contributed by atoms with Crippen molar-refractivity contribution >= 4 is 28.9 Å². The number of amides is 1. The van der Waals surface area contributed by atoms with Gasteiger partial charge in [-0.2, -0.15) is 13.2 Å². The molecule has 174 valence electrons. The summed E-state index contributed by atoms with van der Waals surface area (Å²) in [4.78, 5) is 23.3. The van der Waals surface area contributed by atoms with Gasteiger partial charge in [0.1, 0.15) is 17.5 Å². The minimum Gasteiger partial charge on any atom is -0.357 e. The number of benzene rings is 2. The van der Waals surface area contributed by atoms with Crippen molar-refractivity contribution in [2.24, 2.45) is 0 Å². The molecule has 0 bridgehead atoms. The van der Waals surface area contributed by atoms with Crippen LogP contribution < -0.4 is 15.5 Å². The van der Waals surface area contributed by atoms with Gasteiger partial charge in [0.2, 0.25) is 5.91 Å². The van der Waals surface area contributed by atoms with Crippen LogP contribution in [0.5, 0.6) is 0 Å². The highest BCUT2D eigenvalue weighted by Gasteiger charge is 2.30. The van der Waals surface area contributed by atoms with Crippen LogP contribution in [0.25, 0.3) is 0 Å². The summed E-state index contributed by atoms with van der Waals surface area (Å²) in [6.45, 7) is 7.63. The number of nitrogens with one attached hydrogen (secondary N) is 2. The molecule has 1 amide bonds. The Morgan fingerprint density at radius 2 is 1.64 bits per heavy atom. The van der Waals surface area contributed by atoms with Gasteiger partial charge in [-0.05, 0) is 56.7 Å². The molecule has 0 unspecified atom stereocenters. The number of hydrogen-bond acceptors (Lipinski definition) is 5. The summed E-state index contributed by atoms with van der Waals surface area (Å²) >= 11 is 0. The average Bonchev–Trinajstić information content (AvgIpc) is 2.75. The fraction of sp³-hybridized carbons (Fsp3) is 0.292. The van der Waals surface area contributed by atoms with Crippen LogP contribution in [-0.4, -0.2) is 29.0 Å². The van der Waals surface area contributed by atoms with Gasteiger partial charge in [0.25, 0.3) is 0 Å². The molecule has 0 radical (unpaired) electrons. The van der Waals surface area contributed by atoms with E-state index >= 15 is 0 Å². The number of anilines is 4. The number of halogens is 3. The molecule has 0 aliphatic rings. The predicted octanol–water partition coefficient (Wildman–Crippen LogP) is 5.57. The minimum absolute atomic E-state index is 0.154. The molecule has 1 heterocycles. The molecule has 2 N–H and O–H groups in total. The summed E-state index contributed by atoms with van der Waals surface area (Å²) in [7, 11) is 0. The summed E-state index contributed by atoms with van der Waals surface area (Å²) in [5, 5.41) is 5.94. The van der Waals surface area contributed by atoms with Gasteiger partial charge in [0.15, 0.2) is 0 Å². The molecule has 0 atom stereocenters. The van der Waals surface area contributed by atoms with Crippen LogP contribution in [0.1, 0.15) is 30.8 Å². The summed E-state index contributed by atoms with van der Waals surface area (Å²) in [6.07, 6.45) is -4.60. The molecule has 0 saturated carbocycles. The Labute approximate surface area is 190 Å². The molecule has 9 heteroatoms. The predicted molar refractivity (Wildman–Crippen MR) is 124 cm³/mol. The van der Waals surface area contributed by atoms with Gasteiger partial charge in [-0.25, -0.2) is 9.97 Å². The lowest BCUT2D eigenvalue weighted by atomic mass is 10.1. The SMILES string of the molecule is CCN(CC)c1cc(Nc2ccc(NC(=O)Cc3cccc(C(F)(F)F)c3)cc2)nc(C)n1. The number of nitrogens with zero attached hydrogens (tertiary/aromatic N) is 3. The van der Waals surface area contributed by atoms with E-state index in [1.807, 2.05) is 13.0 Å². The Kier molecular flexibility index (Phi) is 7.52. The quantitative estimate of drug-likeness (QED) is 0.463. The zero-order chi connectivity index (χ0) is 24.0. The first-order valence-electron chi connectivity index (χ1n) is 10.6. The molecule has 0 aliphatic carbocycles. The Morgan fingerprint density at radius 3 is 2.27 bits per heavy atom. The fourth-order valence-electron chi connectivity index (χ4n) is 3.36. The Hall–Kier alpha value is -3.62. The molecule has 1 aromatic heterocycles. The molecular formula is C24H26F3N5O. The summed E-state index contributed by atoms with van der Waals surface area (Å²) in [5.41, 5.74) is 0.839. The van der Waals surface area contributed by atoms with E-state index in [-0.39, 0.29) is 6.42 Å². The van der Waals surface area contributed by atoms with Gasteiger partial charge < -0.3 is 15.5 Å². The van der Waals surface area contributed by atoms with Crippen LogP contribution in [-0.2, 0) is 17.4 Å². The lowest BCUT2D eigenvalue weighted by molar-refractivity contribution is -0.137. The number of carbonyl (C=O) groups excluding carboxylic acids is 1. The maximum Gasteiger partial charge on any atom is 0.416 e. The third-order valence-corrected chi connectivity index (χ3v) is 4.97. The van der Waals surface area contributed by atoms with Crippen molar-refractivity contribution in [1.82, 2.24) is 9.97 Å². The first-order valence-corrected chi connectivity index (χ1v) is 10.6. The van der Waals surface area contributed by atoms with Crippen molar-refractivity contribution in [3.8, 4) is 0 Å². The Morgan fingerprint density at radius 1 is 0.970 bits per heavy atom. The standard InChI is InChI=1S/C24H26F3N5O/c1-4-32(5-2)22-15-21(28-16(3)29-22)30-19-9-11-20(12-10-19)31-23(33)14-17-7-6-8-18(13-17)24(25,26)27/h6-13,15H,4-5,14H2,1-3H3,(H,31,33)(H,28,29,30). The summed E-state index contributed by atoms with van der Waals surface area (Å²) in [5.74, 6) is 1.75. The van der Waals surface area contributed by atoms with Crippen LogP contribution >= 0.6 is 0 Å². The number of alkyl halides is 3. The minimum atomic E-state index is -4.44. The van der Waals surface area contributed by atoms with E-state index in [2.05, 4.69) is 39.3 Å². The number of hydrogen-bond donors (Lipinski definition) is 2. The Bertz CT molecular complexity index is 1100. The van der Waals surface area contributed by atoms with E-state index in [1.165, 1.54) is 12.1 Å². The monoisotopic (exact) mass is 457 g/mol. The first-order chi connectivity index (χ1) is 15.7. The van der Waals surface area contributed by atoms with Crippen molar-refractivity contribution in [3.63, 3.8) is 0 Å². The zero-order valence-corrected chi connectivity index (χ0v) is 18.7. The largest absolute Gasteiger partial charge is 0.416 e. The smallest absolute Gasteiger partial charge is 0.357 e. The van der Waals surface area contributed by atoms with Crippen molar-refractivity contribution in [2.45, 2.75) is 33.4 Å². The van der Waals surface area contributed by atoms with Gasteiger partial charge >= 0.3 is 6.18 Å². The second kappa shape index (κ2) is 10.3. The van der Waals surface area contributed by atoms with Crippen LogP contribution in [0.15, 0.2) is 54.6 Å². The van der Waals surface area contributed by atoms with Gasteiger partial charge in [0, 0.05) is 30.5 Å². The Balaban J connectivity index is 1.63. The van der Waals surface area contributed by atoms with Crippen molar-refractivity contribution in [1.29, 1.82) is 0 Å². The van der Waals surface area contributed by atoms with Crippen molar-refractivity contribution < 1.29 is 18.0 Å². The second-order valence-corrected chi connectivity index (χ2v) is 7.46. The molecule has 3 rings (SSSR count). The highest BCUT2D eigenvalue weighted by molar-refractivity contribution is 5.92. The van der Waals surface area contributed by atoms with Crippen LogP contribution in [0.4, 0.5) is 36.2 Å². The van der Waals surface area contributed by atoms with Crippen LogP contribution in [0.3, 0.4) is 0 Å². The van der Waals surface area contributed by atoms with Gasteiger partial charge in [-0.3, -0.25) is 4.79 Å². The second-order valence-electron chi connectivity index (χ2n) is 7.46. The number of rotatable bonds is 8. The lowest BCUT2D eigenvalue weighted by Gasteiger charge is -2.20. The van der Waals surface area contributed by atoms with Crippen LogP contribution in [0.2, 0.25) is 0 Å². The topological polar surface area (TPSA) is 70.2 Å². The normalized spacial score (nSPS) is 11.2. The molecule has 2 aromatic carbocycles. The zero-order valence-electron chi connectivity index (χ0n) is 18.7. The molecule has 0 spiro atoms. The maximum absolute atomic E-state index is 12.8.